The van der Waals surface area contributed by atoms with Crippen molar-refractivity contribution in [3.8, 4) is 0 Å². The van der Waals surface area contributed by atoms with E-state index < -0.39 is 0 Å². The first-order valence-electron chi connectivity index (χ1n) is 15.0. The van der Waals surface area contributed by atoms with E-state index in [0.29, 0.717) is 13.1 Å². The second-order valence-electron chi connectivity index (χ2n) is 11.7. The number of carbonyl (C=O) groups excluding carboxylic acids is 2. The summed E-state index contributed by atoms with van der Waals surface area (Å²) in [6.07, 6.45) is 9.15. The van der Waals surface area contributed by atoms with Crippen LogP contribution in [-0.2, 0) is 22.7 Å². The van der Waals surface area contributed by atoms with Gasteiger partial charge >= 0.3 is 0 Å². The monoisotopic (exact) mass is 543 g/mol. The number of amides is 2. The van der Waals surface area contributed by atoms with Gasteiger partial charge in [0.25, 0.3) is 0 Å². The number of halogens is 1. The average molecular weight is 544 g/mol. The predicted octanol–water partition coefficient (Wildman–Crippen LogP) is 6.77. The van der Waals surface area contributed by atoms with Crippen molar-refractivity contribution in [2.45, 2.75) is 89.9 Å². The Morgan fingerprint density at radius 1 is 0.975 bits per heavy atom. The second kappa shape index (κ2) is 12.8. The maximum absolute atomic E-state index is 14.1. The van der Waals surface area contributed by atoms with E-state index in [9.17, 15) is 14.0 Å². The highest BCUT2D eigenvalue weighted by Crippen LogP contribution is 2.48. The summed E-state index contributed by atoms with van der Waals surface area (Å²) in [5.74, 6) is 0.110. The fourth-order valence-corrected chi connectivity index (χ4v) is 6.18. The minimum Gasteiger partial charge on any atom is -0.345 e. The molecule has 212 valence electrons. The van der Waals surface area contributed by atoms with Gasteiger partial charge in [-0.15, -0.1) is 0 Å². The van der Waals surface area contributed by atoms with Gasteiger partial charge in [-0.25, -0.2) is 4.39 Å². The summed E-state index contributed by atoms with van der Waals surface area (Å²) in [7, 11) is 0. The third-order valence-corrected chi connectivity index (χ3v) is 8.90. The molecule has 5 nitrogen and oxygen atoms in total. The van der Waals surface area contributed by atoms with Crippen molar-refractivity contribution in [2.24, 2.45) is 5.92 Å². The van der Waals surface area contributed by atoms with Crippen LogP contribution in [0.25, 0.3) is 0 Å². The average Bonchev–Trinajstić information content (AvgIpc) is 3.68. The van der Waals surface area contributed by atoms with Crippen LogP contribution in [0.4, 0.5) is 4.39 Å². The lowest BCUT2D eigenvalue weighted by Gasteiger charge is -2.37. The van der Waals surface area contributed by atoms with Crippen molar-refractivity contribution in [1.82, 2.24) is 14.4 Å². The molecule has 0 radical (unpaired) electrons. The minimum absolute atomic E-state index is 0.00372. The van der Waals surface area contributed by atoms with Crippen LogP contribution in [0.5, 0.6) is 0 Å². The molecule has 6 heteroatoms. The van der Waals surface area contributed by atoms with E-state index in [1.807, 2.05) is 40.3 Å². The lowest BCUT2D eigenvalue weighted by molar-refractivity contribution is -0.145. The third-order valence-electron chi connectivity index (χ3n) is 8.90. The topological polar surface area (TPSA) is 45.6 Å². The van der Waals surface area contributed by atoms with Gasteiger partial charge in [-0.2, -0.15) is 0 Å². The van der Waals surface area contributed by atoms with Crippen LogP contribution in [0.2, 0.25) is 0 Å². The van der Waals surface area contributed by atoms with Crippen LogP contribution < -0.4 is 0 Å². The summed E-state index contributed by atoms with van der Waals surface area (Å²) >= 11 is 0. The van der Waals surface area contributed by atoms with E-state index in [2.05, 4.69) is 36.6 Å². The van der Waals surface area contributed by atoms with E-state index in [1.165, 1.54) is 24.1 Å². The van der Waals surface area contributed by atoms with Crippen molar-refractivity contribution in [2.75, 3.05) is 6.54 Å². The Bertz CT molecular complexity index is 1270. The highest BCUT2D eigenvalue weighted by Gasteiger charge is 2.46. The van der Waals surface area contributed by atoms with Crippen molar-refractivity contribution in [1.29, 1.82) is 0 Å². The molecule has 3 unspecified atom stereocenters. The van der Waals surface area contributed by atoms with Crippen LogP contribution in [0.1, 0.15) is 81.5 Å². The number of carbonyl (C=O) groups is 2. The minimum atomic E-state index is -0.243. The van der Waals surface area contributed by atoms with E-state index in [4.69, 9.17) is 0 Å². The fraction of sp³-hybridized carbons (Fsp3) is 0.471. The molecule has 2 aliphatic rings. The molecule has 2 saturated carbocycles. The first kappa shape index (κ1) is 28.1. The molecule has 3 atom stereocenters. The van der Waals surface area contributed by atoms with Crippen molar-refractivity contribution in [3.63, 3.8) is 0 Å². The maximum Gasteiger partial charge on any atom is 0.242 e. The smallest absolute Gasteiger partial charge is 0.242 e. The van der Waals surface area contributed by atoms with E-state index in [1.54, 1.807) is 12.1 Å². The first-order valence-corrected chi connectivity index (χ1v) is 15.0. The van der Waals surface area contributed by atoms with Crippen molar-refractivity contribution >= 4 is 11.8 Å². The van der Waals surface area contributed by atoms with Gasteiger partial charge in [-0.3, -0.25) is 9.59 Å². The normalized spacial score (nSPS) is 19.7. The van der Waals surface area contributed by atoms with E-state index in [-0.39, 0.29) is 48.1 Å². The van der Waals surface area contributed by atoms with Crippen LogP contribution in [-0.4, -0.2) is 44.8 Å². The van der Waals surface area contributed by atoms with Crippen LogP contribution in [0.15, 0.2) is 72.9 Å². The molecule has 0 bridgehead atoms. The van der Waals surface area contributed by atoms with E-state index >= 15 is 0 Å². The Morgan fingerprint density at radius 3 is 2.40 bits per heavy atom. The summed E-state index contributed by atoms with van der Waals surface area (Å²) in [4.78, 5) is 31.7. The molecule has 0 N–H and O–H groups in total. The maximum atomic E-state index is 14.1. The Labute approximate surface area is 238 Å². The quantitative estimate of drug-likeness (QED) is 0.268. The zero-order valence-electron chi connectivity index (χ0n) is 23.8. The molecule has 5 rings (SSSR count). The standard InChI is InChI=1S/C34H42FN3O2/c1-3-25(2)37(34(40)32-21-31(32)27-11-6-4-7-12-27)24-33(39)38(29-13-8-5-9-14-29)23-30-15-10-20-36(30)22-26-16-18-28(35)19-17-26/h4,6-7,10-12,15-20,25,29,31-32H,3,5,8-9,13-14,21-24H2,1-2H3. The number of benzene rings is 2. The fourth-order valence-electron chi connectivity index (χ4n) is 6.18. The Kier molecular flexibility index (Phi) is 9.03. The summed E-state index contributed by atoms with van der Waals surface area (Å²) in [6.45, 7) is 5.40. The van der Waals surface area contributed by atoms with Gasteiger partial charge in [0.1, 0.15) is 12.4 Å². The lowest BCUT2D eigenvalue weighted by Crippen LogP contribution is -2.50. The van der Waals surface area contributed by atoms with Gasteiger partial charge in [-0.1, -0.05) is 68.7 Å². The Hall–Kier alpha value is -3.41. The molecule has 3 aromatic rings. The van der Waals surface area contributed by atoms with Gasteiger partial charge in [0.05, 0.1) is 6.54 Å². The van der Waals surface area contributed by atoms with E-state index in [0.717, 1.165) is 49.8 Å². The van der Waals surface area contributed by atoms with Crippen molar-refractivity contribution < 1.29 is 14.0 Å². The highest BCUT2D eigenvalue weighted by atomic mass is 19.1. The number of aromatic nitrogens is 1. The summed E-state index contributed by atoms with van der Waals surface area (Å²) in [6, 6.07) is 21.1. The molecule has 0 saturated heterocycles. The van der Waals surface area contributed by atoms with Gasteiger partial charge in [-0.05, 0) is 73.9 Å². The number of hydrogen-bond acceptors (Lipinski definition) is 2. The first-order chi connectivity index (χ1) is 19.4. The number of nitrogens with zero attached hydrogens (tertiary/aromatic N) is 3. The molecule has 2 fully saturated rings. The molecule has 2 aromatic carbocycles. The second-order valence-corrected chi connectivity index (χ2v) is 11.7. The molecule has 2 aliphatic carbocycles. The SMILES string of the molecule is CCC(C)N(CC(=O)N(Cc1cccn1Cc1ccc(F)cc1)C1CCCCC1)C(=O)C1CC1c1ccccc1. The predicted molar refractivity (Wildman–Crippen MR) is 156 cm³/mol. The van der Waals surface area contributed by atoms with Gasteiger partial charge in [0.15, 0.2) is 0 Å². The molecule has 0 spiro atoms. The zero-order valence-corrected chi connectivity index (χ0v) is 23.8. The molecule has 2 amide bonds. The number of rotatable bonds is 11. The third kappa shape index (κ3) is 6.65. The highest BCUT2D eigenvalue weighted by molar-refractivity contribution is 5.88. The zero-order chi connectivity index (χ0) is 28.1. The summed E-state index contributed by atoms with van der Waals surface area (Å²) < 4.78 is 15.6. The Morgan fingerprint density at radius 2 is 1.70 bits per heavy atom. The summed E-state index contributed by atoms with van der Waals surface area (Å²) in [5.41, 5.74) is 3.28. The van der Waals surface area contributed by atoms with Crippen LogP contribution >= 0.6 is 0 Å². The lowest BCUT2D eigenvalue weighted by atomic mass is 9.94. The molecule has 1 heterocycles. The summed E-state index contributed by atoms with van der Waals surface area (Å²) in [5, 5.41) is 0. The van der Waals surface area contributed by atoms with Gasteiger partial charge in [0, 0.05) is 36.4 Å². The molecule has 40 heavy (non-hydrogen) atoms. The largest absolute Gasteiger partial charge is 0.345 e. The van der Waals surface area contributed by atoms with Crippen molar-refractivity contribution in [3.05, 3.63) is 95.6 Å². The Balaban J connectivity index is 1.32. The van der Waals surface area contributed by atoms with Crippen LogP contribution in [0.3, 0.4) is 0 Å². The van der Waals surface area contributed by atoms with Crippen LogP contribution in [0, 0.1) is 11.7 Å². The molecule has 1 aromatic heterocycles. The molecular formula is C34H42FN3O2. The van der Waals surface area contributed by atoms with Gasteiger partial charge < -0.3 is 14.4 Å². The van der Waals surface area contributed by atoms with Gasteiger partial charge in [0.2, 0.25) is 11.8 Å². The number of hydrogen-bond donors (Lipinski definition) is 0. The molecular weight excluding hydrogens is 501 g/mol. The molecule has 0 aliphatic heterocycles.